The van der Waals surface area contributed by atoms with Gasteiger partial charge in [0.1, 0.15) is 17.4 Å². The number of aromatic nitrogens is 2. The summed E-state index contributed by atoms with van der Waals surface area (Å²) >= 11 is 0. The van der Waals surface area contributed by atoms with Crippen LogP contribution < -0.4 is 4.74 Å². The van der Waals surface area contributed by atoms with E-state index in [1.165, 1.54) is 7.11 Å². The van der Waals surface area contributed by atoms with E-state index >= 15 is 0 Å². The minimum Gasteiger partial charge on any atom is -0.467 e. The van der Waals surface area contributed by atoms with Gasteiger partial charge in [-0.2, -0.15) is 5.26 Å². The van der Waals surface area contributed by atoms with Gasteiger partial charge in [0.25, 0.3) is 0 Å². The average molecular weight is 377 g/mol. The number of nitrogens with zero attached hydrogens (tertiary/aromatic N) is 3. The summed E-state index contributed by atoms with van der Waals surface area (Å²) in [6, 6.07) is 11.0. The lowest BCUT2D eigenvalue weighted by Crippen LogP contribution is -2.10. The highest BCUT2D eigenvalue weighted by Crippen LogP contribution is 2.28. The van der Waals surface area contributed by atoms with Crippen molar-refractivity contribution >= 4 is 5.97 Å². The fourth-order valence-corrected chi connectivity index (χ4v) is 2.74. The Morgan fingerprint density at radius 1 is 1.29 bits per heavy atom. The summed E-state index contributed by atoms with van der Waals surface area (Å²) < 4.78 is 17.4. The molecular weight excluding hydrogens is 358 g/mol. The molecule has 2 aromatic heterocycles. The molecule has 0 atom stereocenters. The van der Waals surface area contributed by atoms with Crippen molar-refractivity contribution in [3.05, 3.63) is 66.2 Å². The number of rotatable bonds is 7. The number of nitriles is 1. The van der Waals surface area contributed by atoms with E-state index < -0.39 is 5.97 Å². The smallest absolute Gasteiger partial charge is 0.341 e. The van der Waals surface area contributed by atoms with Gasteiger partial charge in [-0.05, 0) is 25.1 Å². The summed E-state index contributed by atoms with van der Waals surface area (Å²) in [5.74, 6) is -0.130. The zero-order valence-corrected chi connectivity index (χ0v) is 15.6. The molecule has 0 spiro atoms. The molecule has 0 aliphatic heterocycles. The van der Waals surface area contributed by atoms with Gasteiger partial charge in [-0.25, -0.2) is 4.79 Å². The number of esters is 1. The molecule has 0 N–H and O–H groups in total. The Balaban J connectivity index is 2.03. The Kier molecular flexibility index (Phi) is 6.04. The van der Waals surface area contributed by atoms with Crippen LogP contribution in [-0.4, -0.2) is 36.0 Å². The number of carbonyl (C=O) groups excluding carboxylic acids is 1. The van der Waals surface area contributed by atoms with Crippen LogP contribution in [0.4, 0.5) is 0 Å². The number of hydrogen-bond donors (Lipinski definition) is 0. The molecule has 0 unspecified atom stereocenters. The summed E-state index contributed by atoms with van der Waals surface area (Å²) in [5.41, 5.74) is 3.16. The topological polar surface area (TPSA) is 86.4 Å². The maximum absolute atomic E-state index is 12.2. The van der Waals surface area contributed by atoms with Gasteiger partial charge in [-0.15, -0.1) is 0 Å². The Hall–Kier alpha value is -3.63. The van der Waals surface area contributed by atoms with Crippen LogP contribution in [0.25, 0.3) is 16.8 Å². The first-order chi connectivity index (χ1) is 13.7. The minimum absolute atomic E-state index is 0.00802. The molecular formula is C21H19N3O4. The van der Waals surface area contributed by atoms with Crippen LogP contribution in [-0.2, 0) is 9.47 Å². The molecule has 7 heteroatoms. The fourth-order valence-electron chi connectivity index (χ4n) is 2.74. The van der Waals surface area contributed by atoms with Crippen LogP contribution in [0.2, 0.25) is 0 Å². The third kappa shape index (κ3) is 4.03. The summed E-state index contributed by atoms with van der Waals surface area (Å²) in [6.45, 7) is 2.00. The Morgan fingerprint density at radius 3 is 2.82 bits per heavy atom. The standard InChI is InChI=1S/C21H19N3O4/c1-3-27-21(25)18-7-6-17(9-20(18)28-14-26-2)24-12-16(10-22)19(13-24)15-5-4-8-23-11-15/h4-9,11-13H,3,14H2,1-2H3. The lowest BCUT2D eigenvalue weighted by atomic mass is 10.1. The van der Waals surface area contributed by atoms with Crippen molar-refractivity contribution in [1.29, 1.82) is 5.26 Å². The zero-order chi connectivity index (χ0) is 19.9. The van der Waals surface area contributed by atoms with E-state index in [0.29, 0.717) is 16.9 Å². The van der Waals surface area contributed by atoms with Crippen molar-refractivity contribution in [1.82, 2.24) is 9.55 Å². The molecule has 3 aromatic rings. The maximum atomic E-state index is 12.2. The number of hydrogen-bond acceptors (Lipinski definition) is 6. The molecule has 0 fully saturated rings. The van der Waals surface area contributed by atoms with Crippen LogP contribution in [0.5, 0.6) is 5.75 Å². The van der Waals surface area contributed by atoms with Crippen molar-refractivity contribution < 1.29 is 19.0 Å². The minimum atomic E-state index is -0.471. The largest absolute Gasteiger partial charge is 0.467 e. The number of benzene rings is 1. The van der Waals surface area contributed by atoms with E-state index in [1.807, 2.05) is 18.3 Å². The molecule has 0 aliphatic rings. The zero-order valence-electron chi connectivity index (χ0n) is 15.6. The van der Waals surface area contributed by atoms with Crippen LogP contribution in [0.1, 0.15) is 22.8 Å². The Morgan fingerprint density at radius 2 is 2.14 bits per heavy atom. The molecule has 0 saturated heterocycles. The lowest BCUT2D eigenvalue weighted by Gasteiger charge is -2.12. The first kappa shape index (κ1) is 19.1. The molecule has 0 aliphatic carbocycles. The number of carbonyl (C=O) groups is 1. The van der Waals surface area contributed by atoms with Gasteiger partial charge in [-0.3, -0.25) is 4.98 Å². The van der Waals surface area contributed by atoms with Crippen molar-refractivity contribution in [2.24, 2.45) is 0 Å². The van der Waals surface area contributed by atoms with Crippen molar-refractivity contribution in [2.75, 3.05) is 20.5 Å². The van der Waals surface area contributed by atoms with E-state index in [1.54, 1.807) is 48.3 Å². The molecule has 7 nitrogen and oxygen atoms in total. The third-order valence-electron chi connectivity index (χ3n) is 4.01. The Bertz CT molecular complexity index is 1010. The lowest BCUT2D eigenvalue weighted by molar-refractivity contribution is 0.0438. The van der Waals surface area contributed by atoms with E-state index in [2.05, 4.69) is 11.1 Å². The van der Waals surface area contributed by atoms with Crippen LogP contribution >= 0.6 is 0 Å². The highest BCUT2D eigenvalue weighted by molar-refractivity contribution is 5.93. The van der Waals surface area contributed by atoms with Gasteiger partial charge in [0, 0.05) is 54.8 Å². The Labute approximate surface area is 162 Å². The second-order valence-corrected chi connectivity index (χ2v) is 5.80. The molecule has 2 heterocycles. The van der Waals surface area contributed by atoms with Crippen molar-refractivity contribution in [2.45, 2.75) is 6.92 Å². The predicted octanol–water partition coefficient (Wildman–Crippen LogP) is 3.57. The van der Waals surface area contributed by atoms with Gasteiger partial charge in [0.15, 0.2) is 6.79 Å². The number of pyridine rings is 1. The molecule has 1 aromatic carbocycles. The normalized spacial score (nSPS) is 10.3. The van der Waals surface area contributed by atoms with E-state index in [-0.39, 0.29) is 13.4 Å². The highest BCUT2D eigenvalue weighted by Gasteiger charge is 2.16. The monoisotopic (exact) mass is 377 g/mol. The van der Waals surface area contributed by atoms with Crippen molar-refractivity contribution in [3.63, 3.8) is 0 Å². The van der Waals surface area contributed by atoms with Gasteiger partial charge < -0.3 is 18.8 Å². The van der Waals surface area contributed by atoms with E-state index in [4.69, 9.17) is 14.2 Å². The first-order valence-electron chi connectivity index (χ1n) is 8.63. The van der Waals surface area contributed by atoms with Crippen molar-refractivity contribution in [3.8, 4) is 28.6 Å². The second-order valence-electron chi connectivity index (χ2n) is 5.80. The van der Waals surface area contributed by atoms with E-state index in [0.717, 1.165) is 16.8 Å². The molecule has 28 heavy (non-hydrogen) atoms. The summed E-state index contributed by atoms with van der Waals surface area (Å²) in [5, 5.41) is 9.50. The summed E-state index contributed by atoms with van der Waals surface area (Å²) in [6.07, 6.45) is 6.95. The summed E-state index contributed by atoms with van der Waals surface area (Å²) in [4.78, 5) is 16.3. The van der Waals surface area contributed by atoms with Gasteiger partial charge in [-0.1, -0.05) is 6.07 Å². The van der Waals surface area contributed by atoms with Crippen LogP contribution in [0, 0.1) is 11.3 Å². The van der Waals surface area contributed by atoms with Gasteiger partial charge in [0.05, 0.1) is 12.2 Å². The second kappa shape index (κ2) is 8.84. The molecule has 0 amide bonds. The van der Waals surface area contributed by atoms with Crippen LogP contribution in [0.3, 0.4) is 0 Å². The predicted molar refractivity (Wildman–Crippen MR) is 102 cm³/mol. The number of methoxy groups -OCH3 is 1. The highest BCUT2D eigenvalue weighted by atomic mass is 16.7. The number of ether oxygens (including phenoxy) is 3. The summed E-state index contributed by atoms with van der Waals surface area (Å²) in [7, 11) is 1.50. The fraction of sp³-hybridized carbons (Fsp3) is 0.190. The molecule has 142 valence electrons. The van der Waals surface area contributed by atoms with Crippen LogP contribution in [0.15, 0.2) is 55.1 Å². The maximum Gasteiger partial charge on any atom is 0.341 e. The quantitative estimate of drug-likeness (QED) is 0.462. The molecule has 3 rings (SSSR count). The van der Waals surface area contributed by atoms with Gasteiger partial charge >= 0.3 is 5.97 Å². The van der Waals surface area contributed by atoms with E-state index in [9.17, 15) is 10.1 Å². The first-order valence-corrected chi connectivity index (χ1v) is 8.63. The molecule has 0 saturated carbocycles. The average Bonchev–Trinajstić information content (AvgIpc) is 3.17. The molecule has 0 bridgehead atoms. The van der Waals surface area contributed by atoms with Gasteiger partial charge in [0.2, 0.25) is 0 Å². The SMILES string of the molecule is CCOC(=O)c1ccc(-n2cc(C#N)c(-c3cccnc3)c2)cc1OCOC. The molecule has 0 radical (unpaired) electrons. The third-order valence-corrected chi connectivity index (χ3v) is 4.01.